The summed E-state index contributed by atoms with van der Waals surface area (Å²) in [6.45, 7) is 8.61. The van der Waals surface area contributed by atoms with Crippen LogP contribution in [0.15, 0.2) is 48.5 Å². The van der Waals surface area contributed by atoms with Gasteiger partial charge in [-0.1, -0.05) is 58.0 Å². The maximum Gasteiger partial charge on any atom is 0.418 e. The topological polar surface area (TPSA) is 58.6 Å². The maximum absolute atomic E-state index is 12.3. The first kappa shape index (κ1) is 20.6. The number of benzene rings is 2. The van der Waals surface area contributed by atoms with E-state index in [1.807, 2.05) is 24.3 Å². The zero-order chi connectivity index (χ0) is 20.0. The molecule has 3 rings (SSSR count). The molecule has 144 valence electrons. The third-order valence-corrected chi connectivity index (χ3v) is 4.05. The first-order chi connectivity index (χ1) is 12.8. The van der Waals surface area contributed by atoms with Crippen molar-refractivity contribution in [3.8, 4) is 0 Å². The lowest BCUT2D eigenvalue weighted by Crippen LogP contribution is -2.29. The smallest absolute Gasteiger partial charge is 0.418 e. The molecule has 1 amide bonds. The minimum absolute atomic E-state index is 0.000506. The molecule has 0 bridgehead atoms. The molecular weight excluding hydrogens is 340 g/mol. The van der Waals surface area contributed by atoms with Gasteiger partial charge in [0.2, 0.25) is 0 Å². The molecule has 0 spiro atoms. The molecule has 2 aromatic carbocycles. The van der Waals surface area contributed by atoms with Crippen LogP contribution < -0.4 is 10.2 Å². The molecule has 5 nitrogen and oxygen atoms in total. The van der Waals surface area contributed by atoms with Gasteiger partial charge in [0.05, 0.1) is 18.5 Å². The second-order valence-corrected chi connectivity index (χ2v) is 7.03. The van der Waals surface area contributed by atoms with Crippen LogP contribution in [0.4, 0.5) is 16.2 Å². The van der Waals surface area contributed by atoms with Crippen LogP contribution in [0.2, 0.25) is 0 Å². The summed E-state index contributed by atoms with van der Waals surface area (Å²) in [5, 5.41) is 3.31. The highest BCUT2D eigenvalue weighted by molar-refractivity contribution is 6.11. The first-order valence-electron chi connectivity index (χ1n) is 9.19. The van der Waals surface area contributed by atoms with Crippen LogP contribution in [0.3, 0.4) is 0 Å². The standard InChI is InChI=1S/C16H13NO3.C6H15N/c1-20-16(19)17-13-8-4-2-6-11(13)10-15(18)12-7-3-5-9-14(12)17;1-5(2)7-6(3)4/h2-9H,10H2,1H3;5-7H,1-4H3. The Bertz CT molecular complexity index is 794. The van der Waals surface area contributed by atoms with Gasteiger partial charge in [-0.25, -0.2) is 9.69 Å². The fourth-order valence-corrected chi connectivity index (χ4v) is 3.14. The quantitative estimate of drug-likeness (QED) is 0.833. The largest absolute Gasteiger partial charge is 0.452 e. The molecule has 0 aromatic heterocycles. The number of para-hydroxylation sites is 2. The number of ether oxygens (including phenoxy) is 1. The Labute approximate surface area is 161 Å². The lowest BCUT2D eigenvalue weighted by Gasteiger charge is -2.22. The zero-order valence-electron chi connectivity index (χ0n) is 16.7. The van der Waals surface area contributed by atoms with Gasteiger partial charge >= 0.3 is 6.09 Å². The van der Waals surface area contributed by atoms with E-state index in [9.17, 15) is 9.59 Å². The minimum atomic E-state index is -0.500. The van der Waals surface area contributed by atoms with Crippen molar-refractivity contribution in [3.05, 3.63) is 59.7 Å². The molecular formula is C22H28N2O3. The third kappa shape index (κ3) is 5.17. The number of amides is 1. The van der Waals surface area contributed by atoms with Crippen molar-refractivity contribution in [2.75, 3.05) is 12.0 Å². The number of hydrogen-bond acceptors (Lipinski definition) is 4. The molecule has 0 aliphatic carbocycles. The number of carbonyl (C=O) groups is 2. The predicted molar refractivity (Wildman–Crippen MR) is 109 cm³/mol. The van der Waals surface area contributed by atoms with Gasteiger partial charge in [0.15, 0.2) is 5.78 Å². The van der Waals surface area contributed by atoms with Gasteiger partial charge in [0, 0.05) is 24.1 Å². The Hall–Kier alpha value is -2.66. The van der Waals surface area contributed by atoms with Crippen LogP contribution >= 0.6 is 0 Å². The van der Waals surface area contributed by atoms with E-state index in [4.69, 9.17) is 4.74 Å². The maximum atomic E-state index is 12.3. The van der Waals surface area contributed by atoms with Crippen molar-refractivity contribution in [3.63, 3.8) is 0 Å². The molecule has 1 N–H and O–H groups in total. The molecule has 0 radical (unpaired) electrons. The number of anilines is 2. The van der Waals surface area contributed by atoms with Crippen molar-refractivity contribution >= 4 is 23.3 Å². The number of ketones is 1. The molecule has 0 fully saturated rings. The minimum Gasteiger partial charge on any atom is -0.452 e. The van der Waals surface area contributed by atoms with Crippen LogP contribution in [0, 0.1) is 0 Å². The second-order valence-electron chi connectivity index (χ2n) is 7.03. The van der Waals surface area contributed by atoms with E-state index >= 15 is 0 Å². The Morgan fingerprint density at radius 3 is 2.07 bits per heavy atom. The number of rotatable bonds is 2. The molecule has 1 aliphatic rings. The Balaban J connectivity index is 0.000000321. The SMILES string of the molecule is CC(C)NC(C)C.COC(=O)N1c2ccccc2CC(=O)c2ccccc21. The zero-order valence-corrected chi connectivity index (χ0v) is 16.7. The molecule has 0 atom stereocenters. The highest BCUT2D eigenvalue weighted by Gasteiger charge is 2.29. The van der Waals surface area contributed by atoms with Crippen LogP contribution in [-0.2, 0) is 11.2 Å². The number of fused-ring (bicyclic) bond motifs is 2. The van der Waals surface area contributed by atoms with E-state index in [1.165, 1.54) is 12.0 Å². The average molecular weight is 368 g/mol. The monoisotopic (exact) mass is 368 g/mol. The summed E-state index contributed by atoms with van der Waals surface area (Å²) in [5.41, 5.74) is 2.61. The summed E-state index contributed by atoms with van der Waals surface area (Å²) in [6, 6.07) is 15.7. The number of nitrogens with zero attached hydrogens (tertiary/aromatic N) is 1. The van der Waals surface area contributed by atoms with E-state index in [1.54, 1.807) is 24.3 Å². The Kier molecular flexibility index (Phi) is 7.13. The third-order valence-electron chi connectivity index (χ3n) is 4.05. The van der Waals surface area contributed by atoms with Crippen molar-refractivity contribution in [2.24, 2.45) is 0 Å². The van der Waals surface area contributed by atoms with Crippen LogP contribution in [-0.4, -0.2) is 31.1 Å². The summed E-state index contributed by atoms with van der Waals surface area (Å²) < 4.78 is 4.87. The fourth-order valence-electron chi connectivity index (χ4n) is 3.14. The van der Waals surface area contributed by atoms with Crippen molar-refractivity contribution in [1.82, 2.24) is 5.32 Å². The van der Waals surface area contributed by atoms with E-state index in [0.29, 0.717) is 29.0 Å². The molecule has 2 aromatic rings. The van der Waals surface area contributed by atoms with E-state index < -0.39 is 6.09 Å². The van der Waals surface area contributed by atoms with Crippen molar-refractivity contribution in [2.45, 2.75) is 46.2 Å². The van der Waals surface area contributed by atoms with Gasteiger partial charge in [-0.15, -0.1) is 0 Å². The highest BCUT2D eigenvalue weighted by Crippen LogP contribution is 2.36. The number of methoxy groups -OCH3 is 1. The normalized spacial score (nSPS) is 12.7. The highest BCUT2D eigenvalue weighted by atomic mass is 16.5. The summed E-state index contributed by atoms with van der Waals surface area (Å²) in [4.78, 5) is 25.9. The van der Waals surface area contributed by atoms with Crippen LogP contribution in [0.1, 0.15) is 43.6 Å². The van der Waals surface area contributed by atoms with E-state index in [-0.39, 0.29) is 12.2 Å². The molecule has 1 heterocycles. The van der Waals surface area contributed by atoms with E-state index in [0.717, 1.165) is 5.56 Å². The van der Waals surface area contributed by atoms with Crippen molar-refractivity contribution in [1.29, 1.82) is 0 Å². The lowest BCUT2D eigenvalue weighted by atomic mass is 10.0. The number of carbonyl (C=O) groups excluding carboxylic acids is 2. The summed E-state index contributed by atoms with van der Waals surface area (Å²) >= 11 is 0. The van der Waals surface area contributed by atoms with Gasteiger partial charge in [-0.05, 0) is 23.8 Å². The van der Waals surface area contributed by atoms with Crippen LogP contribution in [0.5, 0.6) is 0 Å². The van der Waals surface area contributed by atoms with Crippen molar-refractivity contribution < 1.29 is 14.3 Å². The fraction of sp³-hybridized carbons (Fsp3) is 0.364. The lowest BCUT2D eigenvalue weighted by molar-refractivity contribution is 0.0994. The van der Waals surface area contributed by atoms with Gasteiger partial charge in [0.25, 0.3) is 0 Å². The summed E-state index contributed by atoms with van der Waals surface area (Å²) in [5.74, 6) is -0.000506. The van der Waals surface area contributed by atoms with Gasteiger partial charge in [0.1, 0.15) is 0 Å². The van der Waals surface area contributed by atoms with Gasteiger partial charge < -0.3 is 10.1 Å². The number of hydrogen-bond donors (Lipinski definition) is 1. The number of nitrogens with one attached hydrogen (secondary N) is 1. The number of Topliss-reactive ketones (excluding diaryl/α,β-unsaturated/α-hetero) is 1. The van der Waals surface area contributed by atoms with E-state index in [2.05, 4.69) is 33.0 Å². The van der Waals surface area contributed by atoms with Gasteiger partial charge in [-0.3, -0.25) is 4.79 Å². The van der Waals surface area contributed by atoms with Crippen LogP contribution in [0.25, 0.3) is 0 Å². The van der Waals surface area contributed by atoms with Gasteiger partial charge in [-0.2, -0.15) is 0 Å². The molecule has 5 heteroatoms. The Morgan fingerprint density at radius 2 is 1.52 bits per heavy atom. The predicted octanol–water partition coefficient (Wildman–Crippen LogP) is 4.72. The second kappa shape index (κ2) is 9.33. The average Bonchev–Trinajstić information content (AvgIpc) is 2.74. The first-order valence-corrected chi connectivity index (χ1v) is 9.19. The molecule has 1 aliphatic heterocycles. The summed E-state index contributed by atoms with van der Waals surface area (Å²) in [6.07, 6.45) is -0.222. The Morgan fingerprint density at radius 1 is 0.963 bits per heavy atom. The molecule has 0 saturated heterocycles. The molecule has 27 heavy (non-hydrogen) atoms. The molecule has 0 saturated carbocycles. The molecule has 0 unspecified atom stereocenters. The summed E-state index contributed by atoms with van der Waals surface area (Å²) in [7, 11) is 1.33.